The third kappa shape index (κ3) is 3.44. The molecule has 2 rings (SSSR count). The summed E-state index contributed by atoms with van der Waals surface area (Å²) in [6.07, 6.45) is 2.90. The first-order chi connectivity index (χ1) is 9.51. The summed E-state index contributed by atoms with van der Waals surface area (Å²) in [5, 5.41) is 14.1. The molecule has 1 fully saturated rings. The van der Waals surface area contributed by atoms with Gasteiger partial charge in [-0.1, -0.05) is 31.1 Å². The van der Waals surface area contributed by atoms with Crippen LogP contribution in [-0.2, 0) is 5.60 Å². The van der Waals surface area contributed by atoms with E-state index in [0.29, 0.717) is 18.4 Å². The van der Waals surface area contributed by atoms with Crippen LogP contribution in [-0.4, -0.2) is 18.3 Å². The predicted octanol–water partition coefficient (Wildman–Crippen LogP) is 3.77. The van der Waals surface area contributed by atoms with Gasteiger partial charge in [-0.2, -0.15) is 0 Å². The fourth-order valence-electron chi connectivity index (χ4n) is 2.05. The Labute approximate surface area is 119 Å². The Morgan fingerprint density at radius 1 is 1.50 bits per heavy atom. The first kappa shape index (κ1) is 14.7. The van der Waals surface area contributed by atoms with Crippen LogP contribution in [0.5, 0.6) is 5.75 Å². The van der Waals surface area contributed by atoms with Crippen LogP contribution < -0.4 is 4.74 Å². The summed E-state index contributed by atoms with van der Waals surface area (Å²) in [6, 6.07) is 7.42. The first-order valence-electron chi connectivity index (χ1n) is 6.98. The van der Waals surface area contributed by atoms with Crippen molar-refractivity contribution in [1.29, 1.82) is 0 Å². The van der Waals surface area contributed by atoms with Gasteiger partial charge in [-0.15, -0.1) is 0 Å². The summed E-state index contributed by atoms with van der Waals surface area (Å²) >= 11 is 0. The summed E-state index contributed by atoms with van der Waals surface area (Å²) < 4.78 is 5.80. The molecule has 1 aliphatic carbocycles. The number of ether oxygens (including phenoxy) is 1. The lowest BCUT2D eigenvalue weighted by molar-refractivity contribution is 0.0417. The van der Waals surface area contributed by atoms with E-state index in [1.807, 2.05) is 31.2 Å². The number of benzene rings is 1. The van der Waals surface area contributed by atoms with E-state index in [-0.39, 0.29) is 6.54 Å². The van der Waals surface area contributed by atoms with Crippen molar-refractivity contribution >= 4 is 0 Å². The third-order valence-electron chi connectivity index (χ3n) is 4.04. The van der Waals surface area contributed by atoms with E-state index in [0.717, 1.165) is 11.3 Å². The molecule has 20 heavy (non-hydrogen) atoms. The predicted molar refractivity (Wildman–Crippen MR) is 77.5 cm³/mol. The second-order valence-corrected chi connectivity index (χ2v) is 5.90. The smallest absolute Gasteiger partial charge is 0.119 e. The number of hydrogen-bond acceptors (Lipinski definition) is 3. The summed E-state index contributed by atoms with van der Waals surface area (Å²) in [6.45, 7) is 4.81. The molecule has 1 aromatic rings. The van der Waals surface area contributed by atoms with Crippen LogP contribution >= 0.6 is 0 Å². The van der Waals surface area contributed by atoms with E-state index in [9.17, 15) is 5.11 Å². The van der Waals surface area contributed by atoms with Gasteiger partial charge >= 0.3 is 0 Å². The quantitative estimate of drug-likeness (QED) is 0.467. The van der Waals surface area contributed by atoms with Gasteiger partial charge in [0.1, 0.15) is 5.75 Å². The molecule has 1 atom stereocenters. The van der Waals surface area contributed by atoms with Crippen molar-refractivity contribution in [2.24, 2.45) is 10.5 Å². The second-order valence-electron chi connectivity index (χ2n) is 5.90. The maximum Gasteiger partial charge on any atom is 0.119 e. The first-order valence-corrected chi connectivity index (χ1v) is 6.98. The highest BCUT2D eigenvalue weighted by Crippen LogP contribution is 2.45. The van der Waals surface area contributed by atoms with Crippen LogP contribution in [0.4, 0.5) is 0 Å². The van der Waals surface area contributed by atoms with Crippen LogP contribution in [0.2, 0.25) is 0 Å². The molecule has 0 radical (unpaired) electrons. The maximum atomic E-state index is 10.6. The van der Waals surface area contributed by atoms with Crippen LogP contribution in [0.1, 0.15) is 38.7 Å². The number of nitrogens with zero attached hydrogens (tertiary/aromatic N) is 3. The minimum atomic E-state index is -1.13. The normalized spacial score (nSPS) is 18.8. The molecule has 0 aliphatic heterocycles. The van der Waals surface area contributed by atoms with E-state index < -0.39 is 5.60 Å². The third-order valence-corrected chi connectivity index (χ3v) is 4.04. The molecule has 1 N–H and O–H groups in total. The molecule has 0 bridgehead atoms. The zero-order valence-electron chi connectivity index (χ0n) is 12.0. The number of azide groups is 1. The topological polar surface area (TPSA) is 78.2 Å². The average Bonchev–Trinajstić information content (AvgIpc) is 3.21. The molecule has 5 heteroatoms. The monoisotopic (exact) mass is 275 g/mol. The molecular formula is C15H21N3O2. The molecule has 1 saturated carbocycles. The van der Waals surface area contributed by atoms with Crippen molar-refractivity contribution in [2.45, 2.75) is 38.7 Å². The Morgan fingerprint density at radius 2 is 2.25 bits per heavy atom. The zero-order chi connectivity index (χ0) is 14.6. The fraction of sp³-hybridized carbons (Fsp3) is 0.600. The van der Waals surface area contributed by atoms with Gasteiger partial charge in [-0.3, -0.25) is 0 Å². The molecule has 0 aromatic heterocycles. The molecule has 108 valence electrons. The molecule has 0 heterocycles. The largest absolute Gasteiger partial charge is 0.493 e. The van der Waals surface area contributed by atoms with Crippen molar-refractivity contribution in [1.82, 2.24) is 0 Å². The van der Waals surface area contributed by atoms with Gasteiger partial charge in [0.2, 0.25) is 0 Å². The van der Waals surface area contributed by atoms with Crippen LogP contribution in [0.25, 0.3) is 10.4 Å². The molecule has 0 amide bonds. The summed E-state index contributed by atoms with van der Waals surface area (Å²) in [5.74, 6) is 0.753. The Kier molecular flexibility index (Phi) is 4.21. The molecule has 0 spiro atoms. The fourth-order valence-corrected chi connectivity index (χ4v) is 2.05. The van der Waals surface area contributed by atoms with E-state index in [2.05, 4.69) is 16.9 Å². The van der Waals surface area contributed by atoms with Gasteiger partial charge in [0, 0.05) is 10.3 Å². The van der Waals surface area contributed by atoms with E-state index >= 15 is 0 Å². The highest BCUT2D eigenvalue weighted by Gasteiger charge is 2.38. The molecule has 0 unspecified atom stereocenters. The van der Waals surface area contributed by atoms with Gasteiger partial charge < -0.3 is 9.84 Å². The second kappa shape index (κ2) is 5.73. The lowest BCUT2D eigenvalue weighted by Crippen LogP contribution is -2.28. The Bertz CT molecular complexity index is 522. The van der Waals surface area contributed by atoms with E-state index in [4.69, 9.17) is 10.3 Å². The number of hydrogen-bond donors (Lipinski definition) is 1. The van der Waals surface area contributed by atoms with Crippen molar-refractivity contribution in [2.75, 3.05) is 13.2 Å². The summed E-state index contributed by atoms with van der Waals surface area (Å²) in [5.41, 5.74) is 8.35. The van der Waals surface area contributed by atoms with Gasteiger partial charge in [0.05, 0.1) is 18.8 Å². The Hall–Kier alpha value is -1.71. The van der Waals surface area contributed by atoms with E-state index in [1.54, 1.807) is 0 Å². The molecule has 1 aromatic carbocycles. The van der Waals surface area contributed by atoms with E-state index in [1.165, 1.54) is 12.8 Å². The molecule has 0 saturated heterocycles. The minimum absolute atomic E-state index is 0.0289. The van der Waals surface area contributed by atoms with Crippen LogP contribution in [0.3, 0.4) is 0 Å². The van der Waals surface area contributed by atoms with Gasteiger partial charge in [0.25, 0.3) is 0 Å². The van der Waals surface area contributed by atoms with Crippen molar-refractivity contribution in [3.8, 4) is 5.75 Å². The maximum absolute atomic E-state index is 10.6. The molecule has 5 nitrogen and oxygen atoms in total. The summed E-state index contributed by atoms with van der Waals surface area (Å²) in [7, 11) is 0. The Balaban J connectivity index is 2.12. The molecule has 1 aliphatic rings. The Morgan fingerprint density at radius 3 is 2.85 bits per heavy atom. The zero-order valence-corrected chi connectivity index (χ0v) is 12.0. The van der Waals surface area contributed by atoms with Crippen molar-refractivity contribution < 1.29 is 9.84 Å². The number of aliphatic hydroxyl groups is 1. The van der Waals surface area contributed by atoms with Crippen LogP contribution in [0.15, 0.2) is 29.4 Å². The van der Waals surface area contributed by atoms with Crippen molar-refractivity contribution in [3.05, 3.63) is 40.3 Å². The minimum Gasteiger partial charge on any atom is -0.493 e. The van der Waals surface area contributed by atoms with Gasteiger partial charge in [-0.25, -0.2) is 0 Å². The lowest BCUT2D eigenvalue weighted by atomic mass is 9.91. The highest BCUT2D eigenvalue weighted by atomic mass is 16.5. The lowest BCUT2D eigenvalue weighted by Gasteiger charge is -2.26. The van der Waals surface area contributed by atoms with Crippen LogP contribution in [0, 0.1) is 5.41 Å². The SMILES string of the molecule is CC[C@@](O)(CN=[N+]=[N-])c1cccc(OCC2(C)CC2)c1. The highest BCUT2D eigenvalue weighted by molar-refractivity contribution is 5.32. The number of rotatable bonds is 7. The standard InChI is InChI=1S/C15H21N3O2/c1-3-15(19,10-17-18-16)12-5-4-6-13(9-12)20-11-14(2)7-8-14/h4-6,9,19H,3,7-8,10-11H2,1-2H3/t15-/m1/s1. The average molecular weight is 275 g/mol. The van der Waals surface area contributed by atoms with Crippen molar-refractivity contribution in [3.63, 3.8) is 0 Å². The summed E-state index contributed by atoms with van der Waals surface area (Å²) in [4.78, 5) is 2.73. The van der Waals surface area contributed by atoms with Gasteiger partial charge in [0.15, 0.2) is 0 Å². The van der Waals surface area contributed by atoms with Gasteiger partial charge in [-0.05, 0) is 42.5 Å². The molecular weight excluding hydrogens is 254 g/mol.